The van der Waals surface area contributed by atoms with Gasteiger partial charge in [0.15, 0.2) is 0 Å². The van der Waals surface area contributed by atoms with Gasteiger partial charge in [0.1, 0.15) is 0 Å². The number of carbonyl (C=O) groups is 1. The van der Waals surface area contributed by atoms with Crippen molar-refractivity contribution in [3.63, 3.8) is 0 Å². The molecule has 1 aromatic heterocycles. The molecule has 3 saturated heterocycles. The number of nitrogens with zero attached hydrogens (tertiary/aromatic N) is 2. The van der Waals surface area contributed by atoms with Crippen LogP contribution in [0.3, 0.4) is 0 Å². The smallest absolute Gasteiger partial charge is 0.314 e. The number of allylic oxidation sites excluding steroid dienone is 1. The molecule has 0 aliphatic carbocycles. The van der Waals surface area contributed by atoms with Crippen LogP contribution >= 0.6 is 0 Å². The minimum atomic E-state index is -0.708. The van der Waals surface area contributed by atoms with Crippen LogP contribution in [0.25, 0.3) is 11.0 Å². The lowest BCUT2D eigenvalue weighted by Crippen LogP contribution is -2.44. The summed E-state index contributed by atoms with van der Waals surface area (Å²) in [4.78, 5) is 45.8. The van der Waals surface area contributed by atoms with Crippen LogP contribution in [0.1, 0.15) is 37.0 Å². The number of nitrogens with one attached hydrogen (secondary N) is 2. The molecular weight excluding hydrogens is 356 g/mol. The van der Waals surface area contributed by atoms with Crippen LogP contribution in [0.15, 0.2) is 39.4 Å². The number of hydrogen-bond donors (Lipinski definition) is 2. The third kappa shape index (κ3) is 3.67. The maximum atomic E-state index is 13.2. The second-order valence-electron chi connectivity index (χ2n) is 8.21. The summed E-state index contributed by atoms with van der Waals surface area (Å²) in [7, 11) is 0. The predicted octanol–water partition coefficient (Wildman–Crippen LogP) is 1.72. The van der Waals surface area contributed by atoms with Crippen molar-refractivity contribution < 1.29 is 4.79 Å². The first-order valence-corrected chi connectivity index (χ1v) is 9.84. The number of aromatic nitrogens is 2. The number of piperidine rings is 1. The number of aromatic amines is 2. The van der Waals surface area contributed by atoms with E-state index in [1.54, 1.807) is 18.2 Å². The van der Waals surface area contributed by atoms with Gasteiger partial charge < -0.3 is 14.9 Å². The van der Waals surface area contributed by atoms with E-state index in [4.69, 9.17) is 0 Å². The fourth-order valence-electron chi connectivity index (χ4n) is 4.30. The zero-order valence-electron chi connectivity index (χ0n) is 16.3. The van der Waals surface area contributed by atoms with E-state index in [2.05, 4.69) is 34.8 Å². The highest BCUT2D eigenvalue weighted by atomic mass is 16.2. The third-order valence-electron chi connectivity index (χ3n) is 5.82. The van der Waals surface area contributed by atoms with Gasteiger partial charge in [-0.3, -0.25) is 19.3 Å². The molecule has 3 aliphatic rings. The Morgan fingerprint density at radius 3 is 2.57 bits per heavy atom. The van der Waals surface area contributed by atoms with Crippen LogP contribution in [-0.2, 0) is 0 Å². The number of fused-ring (bicyclic) bond motifs is 5. The number of H-pyrrole nitrogens is 2. The molecule has 148 valence electrons. The van der Waals surface area contributed by atoms with Crippen molar-refractivity contribution >= 4 is 16.9 Å². The highest BCUT2D eigenvalue weighted by Crippen LogP contribution is 2.29. The Kier molecular flexibility index (Phi) is 4.93. The molecule has 28 heavy (non-hydrogen) atoms. The molecule has 4 heterocycles. The highest BCUT2D eigenvalue weighted by Gasteiger charge is 2.36. The lowest BCUT2D eigenvalue weighted by molar-refractivity contribution is 0.0740. The minimum absolute atomic E-state index is 0.0186. The molecule has 1 aromatic carbocycles. The maximum absolute atomic E-state index is 13.2. The van der Waals surface area contributed by atoms with E-state index in [0.717, 1.165) is 39.0 Å². The van der Waals surface area contributed by atoms with E-state index in [-0.39, 0.29) is 5.91 Å². The molecule has 0 saturated carbocycles. The average molecular weight is 382 g/mol. The first-order chi connectivity index (χ1) is 13.4. The summed E-state index contributed by atoms with van der Waals surface area (Å²) in [6.07, 6.45) is 4.54. The molecule has 7 nitrogen and oxygen atoms in total. The van der Waals surface area contributed by atoms with Crippen molar-refractivity contribution in [1.82, 2.24) is 19.8 Å². The van der Waals surface area contributed by atoms with Gasteiger partial charge >= 0.3 is 11.1 Å². The molecule has 7 heteroatoms. The van der Waals surface area contributed by atoms with Gasteiger partial charge in [-0.25, -0.2) is 0 Å². The molecule has 2 N–H and O–H groups in total. The zero-order valence-corrected chi connectivity index (χ0v) is 16.3. The monoisotopic (exact) mass is 382 g/mol. The lowest BCUT2D eigenvalue weighted by atomic mass is 9.95. The van der Waals surface area contributed by atoms with Crippen LogP contribution in [0.5, 0.6) is 0 Å². The summed E-state index contributed by atoms with van der Waals surface area (Å²) in [5, 5.41) is 0. The van der Waals surface area contributed by atoms with Gasteiger partial charge in [-0.15, -0.1) is 0 Å². The van der Waals surface area contributed by atoms with Crippen molar-refractivity contribution in [2.45, 2.75) is 32.7 Å². The summed E-state index contributed by atoms with van der Waals surface area (Å²) in [5.41, 5.74) is 1.44. The fraction of sp³-hybridized carbons (Fsp3) is 0.476. The first kappa shape index (κ1) is 18.7. The Morgan fingerprint density at radius 2 is 1.82 bits per heavy atom. The van der Waals surface area contributed by atoms with E-state index < -0.39 is 11.1 Å². The lowest BCUT2D eigenvalue weighted by Gasteiger charge is -2.35. The molecule has 0 spiro atoms. The normalized spacial score (nSPS) is 22.3. The van der Waals surface area contributed by atoms with Crippen LogP contribution in [0, 0.1) is 5.92 Å². The third-order valence-corrected chi connectivity index (χ3v) is 5.82. The zero-order chi connectivity index (χ0) is 19.8. The summed E-state index contributed by atoms with van der Waals surface area (Å²) in [6, 6.07) is 5.43. The number of rotatable bonds is 3. The summed E-state index contributed by atoms with van der Waals surface area (Å²) >= 11 is 0. The fourth-order valence-corrected chi connectivity index (χ4v) is 4.30. The van der Waals surface area contributed by atoms with E-state index >= 15 is 0 Å². The van der Waals surface area contributed by atoms with Gasteiger partial charge in [-0.1, -0.05) is 11.6 Å². The van der Waals surface area contributed by atoms with Crippen molar-refractivity contribution in [2.75, 3.05) is 26.2 Å². The molecule has 3 fully saturated rings. The molecule has 0 radical (unpaired) electrons. The van der Waals surface area contributed by atoms with Crippen molar-refractivity contribution in [1.29, 1.82) is 0 Å². The van der Waals surface area contributed by atoms with Crippen LogP contribution in [-0.4, -0.2) is 57.9 Å². The number of carbonyl (C=O) groups excluding carboxylic acids is 1. The standard InChI is InChI=1S/C21H26N4O3/c1-13(2)7-8-24-10-14-3-5-16(24)12-25(11-14)21(28)15-4-6-17-18(9-15)23-20(27)19(26)22-17/h4,6-7,9,14,16H,3,5,8,10-12H2,1-2H3,(H,22,26)(H,23,27)/t14-,16-/m0/s1. The Hall–Kier alpha value is -2.67. The Bertz CT molecular complexity index is 1050. The van der Waals surface area contributed by atoms with E-state index in [0.29, 0.717) is 28.6 Å². The van der Waals surface area contributed by atoms with Gasteiger partial charge in [-0.05, 0) is 50.8 Å². The van der Waals surface area contributed by atoms with Crippen molar-refractivity contribution in [2.24, 2.45) is 5.92 Å². The van der Waals surface area contributed by atoms with Gasteiger partial charge in [0.2, 0.25) is 0 Å². The van der Waals surface area contributed by atoms with Gasteiger partial charge in [0, 0.05) is 37.8 Å². The largest absolute Gasteiger partial charge is 0.337 e. The molecule has 1 amide bonds. The molecule has 0 unspecified atom stereocenters. The van der Waals surface area contributed by atoms with Crippen molar-refractivity contribution in [3.05, 3.63) is 56.1 Å². The van der Waals surface area contributed by atoms with E-state index in [1.165, 1.54) is 5.57 Å². The first-order valence-electron chi connectivity index (χ1n) is 9.84. The molecule has 2 atom stereocenters. The van der Waals surface area contributed by atoms with Gasteiger partial charge in [0.05, 0.1) is 11.0 Å². The highest BCUT2D eigenvalue weighted by molar-refractivity contribution is 5.97. The molecule has 5 rings (SSSR count). The topological polar surface area (TPSA) is 89.3 Å². The van der Waals surface area contributed by atoms with Crippen LogP contribution in [0.2, 0.25) is 0 Å². The summed E-state index contributed by atoms with van der Waals surface area (Å²) in [5.74, 6) is 0.472. The van der Waals surface area contributed by atoms with Gasteiger partial charge in [-0.2, -0.15) is 0 Å². The van der Waals surface area contributed by atoms with Crippen molar-refractivity contribution in [3.8, 4) is 0 Å². The van der Waals surface area contributed by atoms with Crippen LogP contribution < -0.4 is 11.1 Å². The average Bonchev–Trinajstić information content (AvgIpc) is 2.98. The SMILES string of the molecule is CC(C)=CCN1C[C@@H]2CC[C@H]1CN(C(=O)c1ccc3[nH]c(=O)c(=O)[nH]c3c1)C2. The summed E-state index contributed by atoms with van der Waals surface area (Å²) in [6.45, 7) is 7.69. The Balaban J connectivity index is 1.57. The Labute approximate surface area is 163 Å². The van der Waals surface area contributed by atoms with E-state index in [1.807, 2.05) is 4.90 Å². The van der Waals surface area contributed by atoms with E-state index in [9.17, 15) is 14.4 Å². The molecule has 3 aliphatic heterocycles. The molecule has 2 aromatic rings. The molecule has 2 bridgehead atoms. The maximum Gasteiger partial charge on any atom is 0.314 e. The number of amides is 1. The number of benzene rings is 1. The number of hydrogen-bond acceptors (Lipinski definition) is 4. The van der Waals surface area contributed by atoms with Gasteiger partial charge in [0.25, 0.3) is 5.91 Å². The Morgan fingerprint density at radius 1 is 1.07 bits per heavy atom. The minimum Gasteiger partial charge on any atom is -0.337 e. The predicted molar refractivity (Wildman–Crippen MR) is 109 cm³/mol. The second kappa shape index (κ2) is 7.39. The molecular formula is C21H26N4O3. The quantitative estimate of drug-likeness (QED) is 0.625. The van der Waals surface area contributed by atoms with Crippen LogP contribution in [0.4, 0.5) is 0 Å². The summed E-state index contributed by atoms with van der Waals surface area (Å²) < 4.78 is 0. The second-order valence-corrected chi connectivity index (χ2v) is 8.21.